The number of nitrogens with zero attached hydrogens (tertiary/aromatic N) is 3. The summed E-state index contributed by atoms with van der Waals surface area (Å²) in [5.41, 5.74) is 2.22. The molecule has 1 aromatic heterocycles. The number of hydrogen-bond acceptors (Lipinski definition) is 6. The highest BCUT2D eigenvalue weighted by Crippen LogP contribution is 2.31. The van der Waals surface area contributed by atoms with Gasteiger partial charge in [0.05, 0.1) is 5.92 Å². The standard InChI is InChI=1S/C26H20N4O4/c31-22-15-20(16-30(22)21-9-5-2-6-10-21)25-28-29-26(34-25)27-24(33)19-13-11-18(12-14-19)23(32)17-7-3-1-4-8-17/h1-14,20H,15-16H2,(H,27,29,33). The molecule has 2 heterocycles. The molecular weight excluding hydrogens is 432 g/mol. The van der Waals surface area contributed by atoms with Crippen LogP contribution < -0.4 is 10.2 Å². The fourth-order valence-corrected chi connectivity index (χ4v) is 3.88. The van der Waals surface area contributed by atoms with E-state index in [4.69, 9.17) is 4.42 Å². The maximum atomic E-state index is 12.6. The van der Waals surface area contributed by atoms with E-state index in [1.807, 2.05) is 36.4 Å². The largest absolute Gasteiger partial charge is 0.407 e. The van der Waals surface area contributed by atoms with E-state index in [2.05, 4.69) is 15.5 Å². The first kappa shape index (κ1) is 21.3. The average Bonchev–Trinajstić information content (AvgIpc) is 3.51. The van der Waals surface area contributed by atoms with Gasteiger partial charge in [0.25, 0.3) is 5.91 Å². The number of ketones is 1. The Morgan fingerprint density at radius 2 is 1.44 bits per heavy atom. The summed E-state index contributed by atoms with van der Waals surface area (Å²) < 4.78 is 5.62. The summed E-state index contributed by atoms with van der Waals surface area (Å²) in [6, 6.07) is 24.6. The van der Waals surface area contributed by atoms with E-state index in [-0.39, 0.29) is 30.0 Å². The van der Waals surface area contributed by atoms with Gasteiger partial charge in [-0.25, -0.2) is 0 Å². The van der Waals surface area contributed by atoms with Crippen LogP contribution in [0.25, 0.3) is 0 Å². The summed E-state index contributed by atoms with van der Waals surface area (Å²) in [6.07, 6.45) is 0.251. The second kappa shape index (κ2) is 9.11. The third-order valence-electron chi connectivity index (χ3n) is 5.65. The lowest BCUT2D eigenvalue weighted by Crippen LogP contribution is -2.24. The van der Waals surface area contributed by atoms with Crippen molar-refractivity contribution in [1.29, 1.82) is 0 Å². The summed E-state index contributed by atoms with van der Waals surface area (Å²) in [4.78, 5) is 39.2. The number of carbonyl (C=O) groups excluding carboxylic acids is 3. The molecule has 168 valence electrons. The van der Waals surface area contributed by atoms with Gasteiger partial charge in [-0.15, -0.1) is 5.10 Å². The van der Waals surface area contributed by atoms with Crippen LogP contribution in [-0.2, 0) is 4.79 Å². The first-order valence-electron chi connectivity index (χ1n) is 10.8. The highest BCUT2D eigenvalue weighted by atomic mass is 16.4. The Morgan fingerprint density at radius 3 is 2.15 bits per heavy atom. The minimum Gasteiger partial charge on any atom is -0.407 e. The highest BCUT2D eigenvalue weighted by Gasteiger charge is 2.35. The second-order valence-electron chi connectivity index (χ2n) is 7.91. The monoisotopic (exact) mass is 452 g/mol. The third kappa shape index (κ3) is 4.33. The van der Waals surface area contributed by atoms with Gasteiger partial charge in [0.2, 0.25) is 11.8 Å². The zero-order chi connectivity index (χ0) is 23.5. The van der Waals surface area contributed by atoms with Gasteiger partial charge >= 0.3 is 6.01 Å². The van der Waals surface area contributed by atoms with E-state index in [9.17, 15) is 14.4 Å². The SMILES string of the molecule is O=C(Nc1nnc(C2CC(=O)N(c3ccccc3)C2)o1)c1ccc(C(=O)c2ccccc2)cc1. The Labute approximate surface area is 195 Å². The first-order chi connectivity index (χ1) is 16.6. The Kier molecular flexibility index (Phi) is 5.70. The quantitative estimate of drug-likeness (QED) is 0.442. The Balaban J connectivity index is 1.23. The fourth-order valence-electron chi connectivity index (χ4n) is 3.88. The molecule has 1 N–H and O–H groups in total. The van der Waals surface area contributed by atoms with E-state index < -0.39 is 5.91 Å². The van der Waals surface area contributed by atoms with Gasteiger partial charge in [-0.1, -0.05) is 65.8 Å². The number of carbonyl (C=O) groups is 3. The smallest absolute Gasteiger partial charge is 0.322 e. The van der Waals surface area contributed by atoms with Crippen molar-refractivity contribution >= 4 is 29.3 Å². The number of amides is 2. The van der Waals surface area contributed by atoms with Crippen molar-refractivity contribution in [3.8, 4) is 0 Å². The van der Waals surface area contributed by atoms with Crippen LogP contribution in [-0.4, -0.2) is 34.3 Å². The molecule has 0 aliphatic carbocycles. The lowest BCUT2D eigenvalue weighted by Gasteiger charge is -2.15. The molecule has 34 heavy (non-hydrogen) atoms. The Bertz CT molecular complexity index is 1330. The van der Waals surface area contributed by atoms with Crippen molar-refractivity contribution < 1.29 is 18.8 Å². The molecule has 0 saturated carbocycles. The molecule has 0 radical (unpaired) electrons. The fraction of sp³-hybridized carbons (Fsp3) is 0.115. The Hall–Kier alpha value is -4.59. The molecule has 1 unspecified atom stereocenters. The van der Waals surface area contributed by atoms with Crippen LogP contribution in [0.2, 0.25) is 0 Å². The number of para-hydroxylation sites is 1. The van der Waals surface area contributed by atoms with Gasteiger partial charge in [0.1, 0.15) is 0 Å². The van der Waals surface area contributed by atoms with Crippen molar-refractivity contribution in [2.75, 3.05) is 16.8 Å². The second-order valence-corrected chi connectivity index (χ2v) is 7.91. The van der Waals surface area contributed by atoms with Gasteiger partial charge in [-0.3, -0.25) is 19.7 Å². The molecule has 5 rings (SSSR count). The lowest BCUT2D eigenvalue weighted by atomic mass is 10.0. The number of benzene rings is 3. The topological polar surface area (TPSA) is 105 Å². The van der Waals surface area contributed by atoms with E-state index in [0.717, 1.165) is 5.69 Å². The van der Waals surface area contributed by atoms with Gasteiger partial charge in [-0.2, -0.15) is 0 Å². The summed E-state index contributed by atoms with van der Waals surface area (Å²) in [6.45, 7) is 0.426. The maximum absolute atomic E-state index is 12.6. The average molecular weight is 452 g/mol. The van der Waals surface area contributed by atoms with Gasteiger partial charge in [-0.05, 0) is 24.3 Å². The van der Waals surface area contributed by atoms with Gasteiger partial charge in [0, 0.05) is 35.3 Å². The van der Waals surface area contributed by atoms with Crippen LogP contribution in [0.1, 0.15) is 44.5 Å². The van der Waals surface area contributed by atoms with Gasteiger partial charge < -0.3 is 9.32 Å². The maximum Gasteiger partial charge on any atom is 0.322 e. The highest BCUT2D eigenvalue weighted by molar-refractivity contribution is 6.10. The molecule has 1 fully saturated rings. The van der Waals surface area contributed by atoms with Crippen LogP contribution in [0.5, 0.6) is 0 Å². The third-order valence-corrected chi connectivity index (χ3v) is 5.65. The molecule has 0 bridgehead atoms. The van der Waals surface area contributed by atoms with Crippen LogP contribution in [0.3, 0.4) is 0 Å². The van der Waals surface area contributed by atoms with E-state index in [1.54, 1.807) is 53.4 Å². The predicted octanol–water partition coefficient (Wildman–Crippen LogP) is 4.07. The molecule has 1 atom stereocenters. The molecular formula is C26H20N4O4. The van der Waals surface area contributed by atoms with Crippen LogP contribution in [0.4, 0.5) is 11.7 Å². The lowest BCUT2D eigenvalue weighted by molar-refractivity contribution is -0.117. The summed E-state index contributed by atoms with van der Waals surface area (Å²) >= 11 is 0. The van der Waals surface area contributed by atoms with Gasteiger partial charge in [0.15, 0.2) is 5.78 Å². The van der Waals surface area contributed by atoms with Crippen molar-refractivity contribution in [1.82, 2.24) is 10.2 Å². The number of aromatic nitrogens is 2. The van der Waals surface area contributed by atoms with E-state index in [1.165, 1.54) is 0 Å². The molecule has 1 saturated heterocycles. The molecule has 3 aromatic carbocycles. The Morgan fingerprint density at radius 1 is 0.824 bits per heavy atom. The molecule has 0 spiro atoms. The number of anilines is 2. The first-order valence-corrected chi connectivity index (χ1v) is 10.8. The molecule has 1 aliphatic heterocycles. The molecule has 2 amide bonds. The zero-order valence-electron chi connectivity index (χ0n) is 18.0. The normalized spacial score (nSPS) is 15.4. The minimum atomic E-state index is -0.442. The molecule has 1 aliphatic rings. The predicted molar refractivity (Wildman–Crippen MR) is 125 cm³/mol. The number of nitrogens with one attached hydrogen (secondary N) is 1. The van der Waals surface area contributed by atoms with Crippen LogP contribution in [0, 0.1) is 0 Å². The molecule has 4 aromatic rings. The van der Waals surface area contributed by atoms with Crippen molar-refractivity contribution in [2.45, 2.75) is 12.3 Å². The summed E-state index contributed by atoms with van der Waals surface area (Å²) in [5.74, 6) is -0.544. The van der Waals surface area contributed by atoms with Crippen molar-refractivity contribution in [2.24, 2.45) is 0 Å². The minimum absolute atomic E-state index is 0.0230. The zero-order valence-corrected chi connectivity index (χ0v) is 18.0. The van der Waals surface area contributed by atoms with Crippen molar-refractivity contribution in [3.63, 3.8) is 0 Å². The molecule has 8 heteroatoms. The van der Waals surface area contributed by atoms with Crippen LogP contribution >= 0.6 is 0 Å². The number of hydrogen-bond donors (Lipinski definition) is 1. The number of rotatable bonds is 6. The van der Waals surface area contributed by atoms with E-state index in [0.29, 0.717) is 29.1 Å². The summed E-state index contributed by atoms with van der Waals surface area (Å²) in [7, 11) is 0. The van der Waals surface area contributed by atoms with Crippen LogP contribution in [0.15, 0.2) is 89.3 Å². The molecule has 8 nitrogen and oxygen atoms in total. The van der Waals surface area contributed by atoms with E-state index >= 15 is 0 Å². The van der Waals surface area contributed by atoms with Crippen molar-refractivity contribution in [3.05, 3.63) is 108 Å². The summed E-state index contributed by atoms with van der Waals surface area (Å²) in [5, 5.41) is 10.5.